The first kappa shape index (κ1) is 17.0. The predicted molar refractivity (Wildman–Crippen MR) is 105 cm³/mol. The lowest BCUT2D eigenvalue weighted by Crippen LogP contribution is -2.47. The van der Waals surface area contributed by atoms with Gasteiger partial charge < -0.3 is 14.5 Å². The van der Waals surface area contributed by atoms with Gasteiger partial charge in [-0.15, -0.1) is 0 Å². The van der Waals surface area contributed by atoms with E-state index in [9.17, 15) is 4.79 Å². The van der Waals surface area contributed by atoms with Crippen molar-refractivity contribution in [1.29, 1.82) is 0 Å². The summed E-state index contributed by atoms with van der Waals surface area (Å²) in [6, 6.07) is 7.83. The molecule has 0 atom stereocenters. The average molecular weight is 378 g/mol. The van der Waals surface area contributed by atoms with E-state index in [2.05, 4.69) is 30.9 Å². The molecule has 28 heavy (non-hydrogen) atoms. The first-order valence-corrected chi connectivity index (χ1v) is 9.72. The Labute approximate surface area is 162 Å². The smallest absolute Gasteiger partial charge is 0.218 e. The lowest BCUT2D eigenvalue weighted by molar-refractivity contribution is 0.111. The highest BCUT2D eigenvalue weighted by Crippen LogP contribution is 2.27. The van der Waals surface area contributed by atoms with E-state index in [0.29, 0.717) is 17.7 Å². The van der Waals surface area contributed by atoms with Crippen LogP contribution in [-0.2, 0) is 0 Å². The van der Waals surface area contributed by atoms with Crippen LogP contribution in [0.2, 0.25) is 0 Å². The second-order valence-corrected chi connectivity index (χ2v) is 7.27. The van der Waals surface area contributed by atoms with Gasteiger partial charge in [0.15, 0.2) is 6.29 Å². The molecule has 144 valence electrons. The van der Waals surface area contributed by atoms with E-state index in [-0.39, 0.29) is 0 Å². The number of piperazine rings is 1. The van der Waals surface area contributed by atoms with E-state index >= 15 is 0 Å². The third-order valence-corrected chi connectivity index (χ3v) is 5.53. The zero-order valence-corrected chi connectivity index (χ0v) is 15.6. The molecule has 1 saturated heterocycles. The summed E-state index contributed by atoms with van der Waals surface area (Å²) in [5.41, 5.74) is 2.50. The lowest BCUT2D eigenvalue weighted by atomic mass is 9.96. The zero-order chi connectivity index (χ0) is 18.9. The summed E-state index contributed by atoms with van der Waals surface area (Å²) in [5, 5.41) is 4.27. The van der Waals surface area contributed by atoms with E-state index in [1.807, 2.05) is 24.4 Å². The molecular weight excluding hydrogens is 356 g/mol. The summed E-state index contributed by atoms with van der Waals surface area (Å²) < 4.78 is 7.67. The molecule has 8 heteroatoms. The summed E-state index contributed by atoms with van der Waals surface area (Å²) >= 11 is 0. The number of hydrogen-bond acceptors (Lipinski definition) is 7. The van der Waals surface area contributed by atoms with Crippen molar-refractivity contribution in [3.05, 3.63) is 42.5 Å². The second kappa shape index (κ2) is 7.10. The second-order valence-electron chi connectivity index (χ2n) is 7.27. The number of hydrogen-bond donors (Lipinski definition) is 0. The number of aldehydes is 1. The third-order valence-electron chi connectivity index (χ3n) is 5.53. The molecule has 3 aromatic heterocycles. The fraction of sp³-hybridized carbons (Fsp3) is 0.400. The van der Waals surface area contributed by atoms with Gasteiger partial charge in [-0.2, -0.15) is 5.10 Å². The van der Waals surface area contributed by atoms with Gasteiger partial charge in [-0.1, -0.05) is 0 Å². The molecule has 2 fully saturated rings. The number of pyridine rings is 1. The number of rotatable bonds is 5. The molecule has 1 aliphatic heterocycles. The first-order valence-electron chi connectivity index (χ1n) is 9.72. The van der Waals surface area contributed by atoms with Crippen LogP contribution in [0, 0.1) is 0 Å². The molecule has 0 unspecified atom stereocenters. The Morgan fingerprint density at radius 1 is 1.07 bits per heavy atom. The van der Waals surface area contributed by atoms with Crippen molar-refractivity contribution >= 4 is 23.3 Å². The Hall–Kier alpha value is -3.16. The van der Waals surface area contributed by atoms with E-state index < -0.39 is 0 Å². The Kier molecular flexibility index (Phi) is 4.31. The van der Waals surface area contributed by atoms with Gasteiger partial charge in [0.25, 0.3) is 0 Å². The molecule has 3 aromatic rings. The maximum atomic E-state index is 11.1. The normalized spacial score (nSPS) is 17.6. The molecule has 0 bridgehead atoms. The Morgan fingerprint density at radius 3 is 2.64 bits per heavy atom. The number of ether oxygens (including phenoxy) is 1. The van der Waals surface area contributed by atoms with E-state index in [1.165, 1.54) is 6.42 Å². The van der Waals surface area contributed by atoms with E-state index in [1.54, 1.807) is 10.8 Å². The minimum absolute atomic E-state index is 0.312. The molecule has 2 aliphatic rings. The van der Waals surface area contributed by atoms with Crippen LogP contribution in [0.1, 0.15) is 29.8 Å². The van der Waals surface area contributed by atoms with Gasteiger partial charge in [-0.05, 0) is 37.5 Å². The molecule has 0 spiro atoms. The molecule has 0 amide bonds. The quantitative estimate of drug-likeness (QED) is 0.630. The molecule has 4 heterocycles. The largest absolute Gasteiger partial charge is 0.474 e. The molecule has 1 aliphatic carbocycles. The minimum atomic E-state index is 0.312. The van der Waals surface area contributed by atoms with Gasteiger partial charge >= 0.3 is 0 Å². The first-order chi connectivity index (χ1) is 13.8. The molecule has 1 saturated carbocycles. The summed E-state index contributed by atoms with van der Waals surface area (Å²) in [5.74, 6) is 1.58. The van der Waals surface area contributed by atoms with Crippen LogP contribution in [0.25, 0.3) is 5.52 Å². The van der Waals surface area contributed by atoms with Crippen molar-refractivity contribution < 1.29 is 9.53 Å². The fourth-order valence-electron chi connectivity index (χ4n) is 3.75. The summed E-state index contributed by atoms with van der Waals surface area (Å²) in [7, 11) is 0. The van der Waals surface area contributed by atoms with E-state index in [4.69, 9.17) is 4.74 Å². The topological polar surface area (TPSA) is 75.9 Å². The number of carbonyl (C=O) groups is 1. The van der Waals surface area contributed by atoms with Crippen molar-refractivity contribution in [3.63, 3.8) is 0 Å². The summed E-state index contributed by atoms with van der Waals surface area (Å²) in [6.07, 6.45) is 8.02. The monoisotopic (exact) mass is 378 g/mol. The van der Waals surface area contributed by atoms with Crippen LogP contribution in [-0.4, -0.2) is 58.2 Å². The van der Waals surface area contributed by atoms with E-state index in [0.717, 1.165) is 62.3 Å². The van der Waals surface area contributed by atoms with Crippen molar-refractivity contribution in [3.8, 4) is 5.88 Å². The van der Waals surface area contributed by atoms with Crippen LogP contribution in [0.4, 0.5) is 11.5 Å². The van der Waals surface area contributed by atoms with Crippen LogP contribution in [0.3, 0.4) is 0 Å². The summed E-state index contributed by atoms with van der Waals surface area (Å²) in [4.78, 5) is 24.3. The SMILES string of the molecule is O=Cc1cc2c(N3CCN(c4cc(OC5CCC5)ncn4)CC3)cccn2n1. The van der Waals surface area contributed by atoms with Gasteiger partial charge in [-0.25, -0.2) is 14.5 Å². The van der Waals surface area contributed by atoms with Crippen molar-refractivity contribution in [2.45, 2.75) is 25.4 Å². The molecule has 0 aromatic carbocycles. The number of fused-ring (bicyclic) bond motifs is 1. The molecule has 0 radical (unpaired) electrons. The standard InChI is InChI=1S/C20H22N6O2/c27-13-15-11-18-17(5-2-6-26(18)23-15)24-7-9-25(10-8-24)19-12-20(22-14-21-19)28-16-3-1-4-16/h2,5-6,11-14,16H,1,3-4,7-10H2. The fourth-order valence-corrected chi connectivity index (χ4v) is 3.75. The predicted octanol–water partition coefficient (Wildman–Crippen LogP) is 2.19. The van der Waals surface area contributed by atoms with Crippen molar-refractivity contribution in [1.82, 2.24) is 19.6 Å². The Morgan fingerprint density at radius 2 is 1.89 bits per heavy atom. The maximum Gasteiger partial charge on any atom is 0.218 e. The molecular formula is C20H22N6O2. The van der Waals surface area contributed by atoms with Gasteiger partial charge in [0.1, 0.15) is 23.9 Å². The molecule has 5 rings (SSSR count). The van der Waals surface area contributed by atoms with Crippen molar-refractivity contribution in [2.75, 3.05) is 36.0 Å². The Balaban J connectivity index is 1.29. The van der Waals surface area contributed by atoms with Crippen LogP contribution < -0.4 is 14.5 Å². The van der Waals surface area contributed by atoms with Gasteiger partial charge in [0.2, 0.25) is 5.88 Å². The van der Waals surface area contributed by atoms with Crippen LogP contribution >= 0.6 is 0 Å². The highest BCUT2D eigenvalue weighted by Gasteiger charge is 2.23. The van der Waals surface area contributed by atoms with Gasteiger partial charge in [0.05, 0.1) is 11.2 Å². The molecule has 0 N–H and O–H groups in total. The zero-order valence-electron chi connectivity index (χ0n) is 15.6. The Bertz CT molecular complexity index is 991. The van der Waals surface area contributed by atoms with Crippen LogP contribution in [0.15, 0.2) is 36.8 Å². The highest BCUT2D eigenvalue weighted by molar-refractivity contribution is 5.81. The third kappa shape index (κ3) is 3.15. The highest BCUT2D eigenvalue weighted by atomic mass is 16.5. The number of aromatic nitrogens is 4. The maximum absolute atomic E-state index is 11.1. The number of anilines is 2. The van der Waals surface area contributed by atoms with Crippen LogP contribution in [0.5, 0.6) is 5.88 Å². The lowest BCUT2D eigenvalue weighted by Gasteiger charge is -2.37. The minimum Gasteiger partial charge on any atom is -0.474 e. The number of carbonyl (C=O) groups excluding carboxylic acids is 1. The van der Waals surface area contributed by atoms with Gasteiger partial charge in [-0.3, -0.25) is 4.79 Å². The summed E-state index contributed by atoms with van der Waals surface area (Å²) in [6.45, 7) is 3.44. The van der Waals surface area contributed by atoms with Crippen molar-refractivity contribution in [2.24, 2.45) is 0 Å². The number of nitrogens with zero attached hydrogens (tertiary/aromatic N) is 6. The molecule has 8 nitrogen and oxygen atoms in total. The average Bonchev–Trinajstić information content (AvgIpc) is 3.15. The van der Waals surface area contributed by atoms with Gasteiger partial charge in [0, 0.05) is 38.4 Å².